The Morgan fingerprint density at radius 1 is 1.25 bits per heavy atom. The minimum absolute atomic E-state index is 0.298. The summed E-state index contributed by atoms with van der Waals surface area (Å²) in [7, 11) is 0. The van der Waals surface area contributed by atoms with Crippen molar-refractivity contribution in [3.63, 3.8) is 0 Å². The first-order chi connectivity index (χ1) is 7.64. The smallest absolute Gasteiger partial charge is 0.119 e. The minimum Gasteiger partial charge on any atom is -0.492 e. The Hall–Kier alpha value is -0.670. The Morgan fingerprint density at radius 2 is 1.94 bits per heavy atom. The van der Waals surface area contributed by atoms with Gasteiger partial charge in [-0.25, -0.2) is 0 Å². The molecule has 0 radical (unpaired) electrons. The third-order valence-corrected chi connectivity index (χ3v) is 3.64. The maximum absolute atomic E-state index is 5.59. The van der Waals surface area contributed by atoms with E-state index in [1.165, 1.54) is 0 Å². The molecule has 2 nitrogen and oxygen atoms in total. The lowest BCUT2D eigenvalue weighted by Gasteiger charge is -2.22. The van der Waals surface area contributed by atoms with Crippen molar-refractivity contribution in [1.29, 1.82) is 0 Å². The number of ether oxygens (including phenoxy) is 1. The first-order valence-corrected chi connectivity index (χ1v) is 6.80. The molecule has 0 heterocycles. The van der Waals surface area contributed by atoms with Crippen LogP contribution in [0.1, 0.15) is 13.8 Å². The average molecular weight is 239 g/mol. The van der Waals surface area contributed by atoms with Gasteiger partial charge in [0.1, 0.15) is 12.4 Å². The molecular weight excluding hydrogens is 218 g/mol. The second kappa shape index (κ2) is 6.81. The van der Waals surface area contributed by atoms with Crippen LogP contribution < -0.4 is 10.1 Å². The lowest BCUT2D eigenvalue weighted by Crippen LogP contribution is -2.34. The van der Waals surface area contributed by atoms with Crippen LogP contribution in [0.2, 0.25) is 0 Å². The van der Waals surface area contributed by atoms with E-state index in [2.05, 4.69) is 25.4 Å². The van der Waals surface area contributed by atoms with Crippen LogP contribution >= 0.6 is 11.8 Å². The van der Waals surface area contributed by atoms with Crippen molar-refractivity contribution in [2.45, 2.75) is 18.6 Å². The zero-order chi connectivity index (χ0) is 11.9. The summed E-state index contributed by atoms with van der Waals surface area (Å²) in [6.07, 6.45) is 2.14. The number of nitrogens with one attached hydrogen (secondary N) is 1. The van der Waals surface area contributed by atoms with Crippen LogP contribution in [-0.2, 0) is 0 Å². The van der Waals surface area contributed by atoms with Crippen LogP contribution in [0.4, 0.5) is 0 Å². The van der Waals surface area contributed by atoms with Gasteiger partial charge in [-0.3, -0.25) is 0 Å². The molecular formula is C13H21NOS. The Kier molecular flexibility index (Phi) is 5.71. The van der Waals surface area contributed by atoms with Gasteiger partial charge in [0.2, 0.25) is 0 Å². The van der Waals surface area contributed by atoms with Gasteiger partial charge in [-0.15, -0.1) is 0 Å². The maximum Gasteiger partial charge on any atom is 0.119 e. The zero-order valence-electron chi connectivity index (χ0n) is 10.3. The van der Waals surface area contributed by atoms with Gasteiger partial charge >= 0.3 is 0 Å². The molecule has 0 aromatic heterocycles. The molecule has 0 fully saturated rings. The number of para-hydroxylation sites is 1. The average Bonchev–Trinajstić information content (AvgIpc) is 2.30. The molecule has 90 valence electrons. The molecule has 0 saturated heterocycles. The number of benzene rings is 1. The van der Waals surface area contributed by atoms with Gasteiger partial charge < -0.3 is 10.1 Å². The Labute approximate surface area is 103 Å². The zero-order valence-corrected chi connectivity index (χ0v) is 11.1. The number of rotatable bonds is 7. The van der Waals surface area contributed by atoms with Crippen molar-refractivity contribution < 1.29 is 4.74 Å². The van der Waals surface area contributed by atoms with Crippen molar-refractivity contribution in [3.8, 4) is 5.75 Å². The van der Waals surface area contributed by atoms with E-state index < -0.39 is 0 Å². The number of thioether (sulfide) groups is 1. The highest BCUT2D eigenvalue weighted by molar-refractivity contribution is 7.99. The Morgan fingerprint density at radius 3 is 2.56 bits per heavy atom. The molecule has 0 amide bonds. The summed E-state index contributed by atoms with van der Waals surface area (Å²) in [5.41, 5.74) is 0. The van der Waals surface area contributed by atoms with Gasteiger partial charge in [0.05, 0.1) is 0 Å². The molecule has 1 rings (SSSR count). The largest absolute Gasteiger partial charge is 0.492 e. The molecule has 0 spiro atoms. The first kappa shape index (κ1) is 13.4. The highest BCUT2D eigenvalue weighted by atomic mass is 32.2. The maximum atomic E-state index is 5.59. The van der Waals surface area contributed by atoms with Crippen LogP contribution in [0.3, 0.4) is 0 Å². The van der Waals surface area contributed by atoms with E-state index in [1.807, 2.05) is 42.1 Å². The van der Waals surface area contributed by atoms with Gasteiger partial charge in [0.15, 0.2) is 0 Å². The molecule has 1 N–H and O–H groups in total. The van der Waals surface area contributed by atoms with Crippen molar-refractivity contribution in [2.24, 2.45) is 0 Å². The van der Waals surface area contributed by atoms with Crippen LogP contribution in [0.5, 0.6) is 5.75 Å². The summed E-state index contributed by atoms with van der Waals surface area (Å²) in [5, 5.41) is 3.40. The summed E-state index contributed by atoms with van der Waals surface area (Å²) >= 11 is 1.88. The second-order valence-electron chi connectivity index (χ2n) is 4.30. The van der Waals surface area contributed by atoms with Crippen molar-refractivity contribution >= 4 is 11.8 Å². The minimum atomic E-state index is 0.298. The van der Waals surface area contributed by atoms with E-state index in [1.54, 1.807) is 0 Å². The Balaban J connectivity index is 2.09. The van der Waals surface area contributed by atoms with Crippen LogP contribution in [0.25, 0.3) is 0 Å². The van der Waals surface area contributed by atoms with Gasteiger partial charge in [-0.2, -0.15) is 11.8 Å². The fourth-order valence-corrected chi connectivity index (χ4v) is 1.47. The van der Waals surface area contributed by atoms with Crippen LogP contribution in [0, 0.1) is 0 Å². The fourth-order valence-electron chi connectivity index (χ4n) is 1.22. The van der Waals surface area contributed by atoms with Gasteiger partial charge in [-0.1, -0.05) is 18.2 Å². The van der Waals surface area contributed by atoms with E-state index >= 15 is 0 Å². The molecule has 0 unspecified atom stereocenters. The molecule has 0 aliphatic carbocycles. The fraction of sp³-hybridized carbons (Fsp3) is 0.538. The summed E-state index contributed by atoms with van der Waals surface area (Å²) in [4.78, 5) is 0. The van der Waals surface area contributed by atoms with Gasteiger partial charge in [-0.05, 0) is 32.2 Å². The molecule has 0 aliphatic heterocycles. The summed E-state index contributed by atoms with van der Waals surface area (Å²) in [5.74, 6) is 0.938. The molecule has 0 atom stereocenters. The normalized spacial score (nSPS) is 11.4. The summed E-state index contributed by atoms with van der Waals surface area (Å²) in [6, 6.07) is 9.92. The van der Waals surface area contributed by atoms with Gasteiger partial charge in [0, 0.05) is 17.8 Å². The lowest BCUT2D eigenvalue weighted by atomic mass is 10.2. The Bertz CT molecular complexity index is 287. The van der Waals surface area contributed by atoms with Crippen molar-refractivity contribution in [3.05, 3.63) is 30.3 Å². The van der Waals surface area contributed by atoms with Crippen molar-refractivity contribution in [1.82, 2.24) is 5.32 Å². The second-order valence-corrected chi connectivity index (χ2v) is 5.82. The van der Waals surface area contributed by atoms with Crippen LogP contribution in [0.15, 0.2) is 30.3 Å². The van der Waals surface area contributed by atoms with E-state index in [9.17, 15) is 0 Å². The topological polar surface area (TPSA) is 21.3 Å². The molecule has 0 aliphatic rings. The van der Waals surface area contributed by atoms with Crippen molar-refractivity contribution in [2.75, 3.05) is 26.0 Å². The standard InChI is InChI=1S/C13H21NOS/c1-13(2,16-3)11-14-9-10-15-12-7-5-4-6-8-12/h4-8,14H,9-11H2,1-3H3. The van der Waals surface area contributed by atoms with E-state index in [0.717, 1.165) is 18.8 Å². The van der Waals surface area contributed by atoms with Crippen LogP contribution in [-0.4, -0.2) is 30.7 Å². The first-order valence-electron chi connectivity index (χ1n) is 5.58. The number of hydrogen-bond acceptors (Lipinski definition) is 3. The third-order valence-electron chi connectivity index (χ3n) is 2.39. The van der Waals surface area contributed by atoms with Gasteiger partial charge in [0.25, 0.3) is 0 Å². The monoisotopic (exact) mass is 239 g/mol. The third kappa shape index (κ3) is 5.42. The molecule has 0 saturated carbocycles. The highest BCUT2D eigenvalue weighted by Gasteiger charge is 2.14. The predicted molar refractivity (Wildman–Crippen MR) is 72.4 cm³/mol. The summed E-state index contributed by atoms with van der Waals surface area (Å²) < 4.78 is 5.88. The van der Waals surface area contributed by atoms with E-state index in [0.29, 0.717) is 11.4 Å². The molecule has 0 bridgehead atoms. The molecule has 16 heavy (non-hydrogen) atoms. The van der Waals surface area contributed by atoms with E-state index in [-0.39, 0.29) is 0 Å². The number of hydrogen-bond donors (Lipinski definition) is 1. The highest BCUT2D eigenvalue weighted by Crippen LogP contribution is 2.19. The summed E-state index contributed by atoms with van der Waals surface area (Å²) in [6.45, 7) is 7.09. The molecule has 3 heteroatoms. The molecule has 1 aromatic carbocycles. The lowest BCUT2D eigenvalue weighted by molar-refractivity contribution is 0.312. The van der Waals surface area contributed by atoms with E-state index in [4.69, 9.17) is 4.74 Å². The SMILES string of the molecule is CSC(C)(C)CNCCOc1ccccc1. The molecule has 1 aromatic rings. The predicted octanol–water partition coefficient (Wildman–Crippen LogP) is 2.80. The quantitative estimate of drug-likeness (QED) is 0.739.